The molecule has 0 unspecified atom stereocenters. The first-order chi connectivity index (χ1) is 7.31. The maximum absolute atomic E-state index is 5.65. The van der Waals surface area contributed by atoms with Gasteiger partial charge in [-0.25, -0.2) is 4.68 Å². The minimum Gasteiger partial charge on any atom is -0.458 e. The van der Waals surface area contributed by atoms with Crippen LogP contribution in [0, 0.1) is 0 Å². The second-order valence-corrected chi connectivity index (χ2v) is 3.29. The van der Waals surface area contributed by atoms with Gasteiger partial charge in [0.2, 0.25) is 0 Å². The standard InChI is InChI=1S/C10H14N4O/c1-3-11-6-8-4-5-10(15-8)9-7-12-13-14(9)2/h4-5,7,11H,3,6H2,1-2H3. The average Bonchev–Trinajstić information content (AvgIpc) is 2.83. The SMILES string of the molecule is CCNCc1ccc(-c2cnnn2C)o1. The number of aryl methyl sites for hydroxylation is 1. The Hall–Kier alpha value is -1.62. The highest BCUT2D eigenvalue weighted by molar-refractivity contribution is 5.50. The second kappa shape index (κ2) is 4.27. The Kier molecular flexibility index (Phi) is 2.82. The smallest absolute Gasteiger partial charge is 0.154 e. The van der Waals surface area contributed by atoms with Crippen molar-refractivity contribution in [2.45, 2.75) is 13.5 Å². The molecule has 1 N–H and O–H groups in total. The minimum atomic E-state index is 0.752. The molecule has 0 fully saturated rings. The number of aromatic nitrogens is 3. The molecule has 0 aliphatic heterocycles. The van der Waals surface area contributed by atoms with Gasteiger partial charge in [0.1, 0.15) is 11.5 Å². The van der Waals surface area contributed by atoms with Crippen LogP contribution in [0.5, 0.6) is 0 Å². The van der Waals surface area contributed by atoms with Gasteiger partial charge in [0.25, 0.3) is 0 Å². The number of hydrogen-bond donors (Lipinski definition) is 1. The van der Waals surface area contributed by atoms with E-state index in [0.29, 0.717) is 0 Å². The summed E-state index contributed by atoms with van der Waals surface area (Å²) in [6.07, 6.45) is 1.69. The molecule has 5 nitrogen and oxygen atoms in total. The van der Waals surface area contributed by atoms with Gasteiger partial charge in [0.15, 0.2) is 5.76 Å². The van der Waals surface area contributed by atoms with Crippen LogP contribution in [-0.4, -0.2) is 21.5 Å². The van der Waals surface area contributed by atoms with Crippen LogP contribution in [0.3, 0.4) is 0 Å². The fraction of sp³-hybridized carbons (Fsp3) is 0.400. The lowest BCUT2D eigenvalue weighted by atomic mass is 10.3. The molecule has 0 aliphatic carbocycles. The largest absolute Gasteiger partial charge is 0.458 e. The van der Waals surface area contributed by atoms with Gasteiger partial charge in [-0.1, -0.05) is 12.1 Å². The molecular weight excluding hydrogens is 192 g/mol. The summed E-state index contributed by atoms with van der Waals surface area (Å²) < 4.78 is 7.34. The third-order valence-electron chi connectivity index (χ3n) is 2.18. The summed E-state index contributed by atoms with van der Waals surface area (Å²) in [5.41, 5.74) is 0.887. The Morgan fingerprint density at radius 1 is 1.47 bits per heavy atom. The van der Waals surface area contributed by atoms with Crippen molar-refractivity contribution < 1.29 is 4.42 Å². The Balaban J connectivity index is 2.17. The Bertz CT molecular complexity index is 432. The molecule has 0 saturated heterocycles. The van der Waals surface area contributed by atoms with E-state index in [9.17, 15) is 0 Å². The molecule has 0 atom stereocenters. The van der Waals surface area contributed by atoms with Gasteiger partial charge >= 0.3 is 0 Å². The predicted molar refractivity (Wildman–Crippen MR) is 56.1 cm³/mol. The van der Waals surface area contributed by atoms with Crippen molar-refractivity contribution in [3.8, 4) is 11.5 Å². The molecule has 2 aromatic rings. The second-order valence-electron chi connectivity index (χ2n) is 3.29. The first-order valence-corrected chi connectivity index (χ1v) is 4.95. The van der Waals surface area contributed by atoms with Crippen LogP contribution in [-0.2, 0) is 13.6 Å². The van der Waals surface area contributed by atoms with E-state index in [4.69, 9.17) is 4.42 Å². The Labute approximate surface area is 88.1 Å². The summed E-state index contributed by atoms with van der Waals surface area (Å²) in [6, 6.07) is 3.90. The number of nitrogens with one attached hydrogen (secondary N) is 1. The number of nitrogens with zero attached hydrogens (tertiary/aromatic N) is 3. The summed E-state index contributed by atoms with van der Waals surface area (Å²) in [6.45, 7) is 3.75. The maximum Gasteiger partial charge on any atom is 0.154 e. The molecule has 2 heterocycles. The zero-order valence-electron chi connectivity index (χ0n) is 8.90. The fourth-order valence-electron chi connectivity index (χ4n) is 1.37. The van der Waals surface area contributed by atoms with Gasteiger partial charge < -0.3 is 9.73 Å². The van der Waals surface area contributed by atoms with Crippen molar-refractivity contribution in [3.63, 3.8) is 0 Å². The van der Waals surface area contributed by atoms with E-state index >= 15 is 0 Å². The van der Waals surface area contributed by atoms with Crippen molar-refractivity contribution >= 4 is 0 Å². The van der Waals surface area contributed by atoms with Crippen molar-refractivity contribution in [2.24, 2.45) is 7.05 Å². The molecule has 2 rings (SSSR count). The van der Waals surface area contributed by atoms with E-state index in [0.717, 1.165) is 30.3 Å². The zero-order valence-corrected chi connectivity index (χ0v) is 8.90. The first kappa shape index (κ1) is 9.92. The van der Waals surface area contributed by atoms with Crippen LogP contribution < -0.4 is 5.32 Å². The third kappa shape index (κ3) is 2.07. The normalized spacial score (nSPS) is 10.8. The van der Waals surface area contributed by atoms with E-state index in [1.54, 1.807) is 10.9 Å². The molecule has 0 bridgehead atoms. The van der Waals surface area contributed by atoms with Crippen molar-refractivity contribution in [1.82, 2.24) is 20.3 Å². The molecule has 0 aromatic carbocycles. The van der Waals surface area contributed by atoms with Crippen LogP contribution in [0.15, 0.2) is 22.7 Å². The van der Waals surface area contributed by atoms with E-state index in [2.05, 4.69) is 22.6 Å². The highest BCUT2D eigenvalue weighted by Gasteiger charge is 2.08. The van der Waals surface area contributed by atoms with E-state index in [1.165, 1.54) is 0 Å². The summed E-state index contributed by atoms with van der Waals surface area (Å²) in [4.78, 5) is 0. The number of hydrogen-bond acceptors (Lipinski definition) is 4. The van der Waals surface area contributed by atoms with Gasteiger partial charge in [-0.15, -0.1) is 5.10 Å². The topological polar surface area (TPSA) is 55.9 Å². The van der Waals surface area contributed by atoms with Gasteiger partial charge in [0.05, 0.1) is 12.7 Å². The summed E-state index contributed by atoms with van der Waals surface area (Å²) >= 11 is 0. The molecule has 0 spiro atoms. The van der Waals surface area contributed by atoms with Crippen LogP contribution in [0.2, 0.25) is 0 Å². The fourth-order valence-corrected chi connectivity index (χ4v) is 1.37. The molecule has 5 heteroatoms. The summed E-state index contributed by atoms with van der Waals surface area (Å²) in [7, 11) is 1.84. The lowest BCUT2D eigenvalue weighted by Crippen LogP contribution is -2.10. The Morgan fingerprint density at radius 2 is 2.33 bits per heavy atom. The zero-order chi connectivity index (χ0) is 10.7. The van der Waals surface area contributed by atoms with E-state index in [-0.39, 0.29) is 0 Å². The predicted octanol–water partition coefficient (Wildman–Crippen LogP) is 1.18. The highest BCUT2D eigenvalue weighted by atomic mass is 16.3. The summed E-state index contributed by atoms with van der Waals surface area (Å²) in [5, 5.41) is 10.9. The number of rotatable bonds is 4. The monoisotopic (exact) mass is 206 g/mol. The molecule has 2 aromatic heterocycles. The van der Waals surface area contributed by atoms with Crippen molar-refractivity contribution in [3.05, 3.63) is 24.1 Å². The lowest BCUT2D eigenvalue weighted by Gasteiger charge is -1.97. The van der Waals surface area contributed by atoms with Crippen LogP contribution in [0.4, 0.5) is 0 Å². The maximum atomic E-state index is 5.65. The highest BCUT2D eigenvalue weighted by Crippen LogP contribution is 2.20. The van der Waals surface area contributed by atoms with Gasteiger partial charge in [0, 0.05) is 7.05 Å². The Morgan fingerprint density at radius 3 is 3.00 bits per heavy atom. The quantitative estimate of drug-likeness (QED) is 0.816. The van der Waals surface area contributed by atoms with E-state index in [1.807, 2.05) is 19.2 Å². The van der Waals surface area contributed by atoms with Gasteiger partial charge in [-0.05, 0) is 18.7 Å². The third-order valence-corrected chi connectivity index (χ3v) is 2.18. The molecule has 15 heavy (non-hydrogen) atoms. The first-order valence-electron chi connectivity index (χ1n) is 4.95. The van der Waals surface area contributed by atoms with E-state index < -0.39 is 0 Å². The van der Waals surface area contributed by atoms with Gasteiger partial charge in [-0.2, -0.15) is 0 Å². The molecule has 0 aliphatic rings. The molecule has 0 radical (unpaired) electrons. The minimum absolute atomic E-state index is 0.752. The molecule has 0 amide bonds. The molecule has 80 valence electrons. The van der Waals surface area contributed by atoms with Crippen molar-refractivity contribution in [1.29, 1.82) is 0 Å². The van der Waals surface area contributed by atoms with Crippen molar-refractivity contribution in [2.75, 3.05) is 6.54 Å². The molecular formula is C10H14N4O. The van der Waals surface area contributed by atoms with Crippen LogP contribution in [0.25, 0.3) is 11.5 Å². The molecule has 0 saturated carbocycles. The lowest BCUT2D eigenvalue weighted by molar-refractivity contribution is 0.494. The number of furan rings is 1. The van der Waals surface area contributed by atoms with Crippen LogP contribution in [0.1, 0.15) is 12.7 Å². The summed E-state index contributed by atoms with van der Waals surface area (Å²) in [5.74, 6) is 1.73. The van der Waals surface area contributed by atoms with Gasteiger partial charge in [-0.3, -0.25) is 0 Å². The average molecular weight is 206 g/mol. The van der Waals surface area contributed by atoms with Crippen LogP contribution >= 0.6 is 0 Å².